The molecule has 0 radical (unpaired) electrons. The topological polar surface area (TPSA) is 65.4 Å². The third-order valence-corrected chi connectivity index (χ3v) is 4.71. The number of piperidine rings is 1. The number of amides is 1. The van der Waals surface area contributed by atoms with Gasteiger partial charge in [-0.2, -0.15) is 5.26 Å². The highest BCUT2D eigenvalue weighted by Gasteiger charge is 2.23. The van der Waals surface area contributed by atoms with E-state index in [0.717, 1.165) is 19.5 Å². The summed E-state index contributed by atoms with van der Waals surface area (Å²) < 4.78 is 5.67. The number of benzene rings is 1. The number of hydrogen-bond donors (Lipinski definition) is 1. The zero-order chi connectivity index (χ0) is 18.1. The molecule has 5 nitrogen and oxygen atoms in total. The standard InChI is InChI=1S/C20H29N3O2/c1-3-4-11-23-12-6-5-9-18(23)15-22-20(24)16(2)25-19-10-7-8-17(13-19)14-21/h7-8,10,13,16,18H,3-6,9,11-12,15H2,1-2H3,(H,22,24). The lowest BCUT2D eigenvalue weighted by Crippen LogP contribution is -2.48. The van der Waals surface area contributed by atoms with Gasteiger partial charge in [0.15, 0.2) is 6.10 Å². The molecular formula is C20H29N3O2. The maximum atomic E-state index is 12.3. The Morgan fingerprint density at radius 1 is 1.48 bits per heavy atom. The van der Waals surface area contributed by atoms with E-state index < -0.39 is 6.10 Å². The maximum Gasteiger partial charge on any atom is 0.260 e. The average molecular weight is 343 g/mol. The van der Waals surface area contributed by atoms with Gasteiger partial charge in [-0.1, -0.05) is 25.8 Å². The number of unbranched alkanes of at least 4 members (excludes halogenated alkanes) is 1. The van der Waals surface area contributed by atoms with Gasteiger partial charge in [-0.3, -0.25) is 9.69 Å². The minimum atomic E-state index is -0.582. The van der Waals surface area contributed by atoms with Crippen molar-refractivity contribution < 1.29 is 9.53 Å². The molecular weight excluding hydrogens is 314 g/mol. The molecule has 1 saturated heterocycles. The Hall–Kier alpha value is -2.06. The number of nitriles is 1. The van der Waals surface area contributed by atoms with Gasteiger partial charge >= 0.3 is 0 Å². The van der Waals surface area contributed by atoms with Crippen LogP contribution >= 0.6 is 0 Å². The van der Waals surface area contributed by atoms with E-state index in [-0.39, 0.29) is 5.91 Å². The summed E-state index contributed by atoms with van der Waals surface area (Å²) in [5, 5.41) is 12.0. The number of likely N-dealkylation sites (tertiary alicyclic amines) is 1. The fraction of sp³-hybridized carbons (Fsp3) is 0.600. The van der Waals surface area contributed by atoms with E-state index in [2.05, 4.69) is 23.2 Å². The van der Waals surface area contributed by atoms with Crippen molar-refractivity contribution in [1.82, 2.24) is 10.2 Å². The highest BCUT2D eigenvalue weighted by molar-refractivity contribution is 5.80. The molecule has 1 aliphatic heterocycles. The highest BCUT2D eigenvalue weighted by Crippen LogP contribution is 2.17. The molecule has 1 amide bonds. The Morgan fingerprint density at radius 2 is 2.32 bits per heavy atom. The van der Waals surface area contributed by atoms with E-state index in [1.807, 2.05) is 0 Å². The van der Waals surface area contributed by atoms with Crippen LogP contribution < -0.4 is 10.1 Å². The van der Waals surface area contributed by atoms with E-state index in [1.165, 1.54) is 25.7 Å². The van der Waals surface area contributed by atoms with Crippen LogP contribution in [0.5, 0.6) is 5.75 Å². The lowest BCUT2D eigenvalue weighted by atomic mass is 10.0. The summed E-state index contributed by atoms with van der Waals surface area (Å²) in [6.45, 7) is 6.87. The van der Waals surface area contributed by atoms with Crippen molar-refractivity contribution in [2.24, 2.45) is 0 Å². The maximum absolute atomic E-state index is 12.3. The summed E-state index contributed by atoms with van der Waals surface area (Å²) >= 11 is 0. The van der Waals surface area contributed by atoms with Crippen LogP contribution in [0.1, 0.15) is 51.5 Å². The minimum Gasteiger partial charge on any atom is -0.481 e. The van der Waals surface area contributed by atoms with Crippen molar-refractivity contribution in [3.63, 3.8) is 0 Å². The number of rotatable bonds is 8. The molecule has 136 valence electrons. The van der Waals surface area contributed by atoms with E-state index in [4.69, 9.17) is 10.00 Å². The van der Waals surface area contributed by atoms with Gasteiger partial charge in [-0.25, -0.2) is 0 Å². The molecule has 0 bridgehead atoms. The van der Waals surface area contributed by atoms with Crippen molar-refractivity contribution in [1.29, 1.82) is 5.26 Å². The molecule has 0 aliphatic carbocycles. The third-order valence-electron chi connectivity index (χ3n) is 4.71. The lowest BCUT2D eigenvalue weighted by molar-refractivity contribution is -0.127. The zero-order valence-corrected chi connectivity index (χ0v) is 15.3. The SMILES string of the molecule is CCCCN1CCCCC1CNC(=O)C(C)Oc1cccc(C#N)c1. The van der Waals surface area contributed by atoms with E-state index in [0.29, 0.717) is 23.9 Å². The summed E-state index contributed by atoms with van der Waals surface area (Å²) in [6, 6.07) is 9.38. The van der Waals surface area contributed by atoms with Crippen LogP contribution in [0.3, 0.4) is 0 Å². The molecule has 1 fully saturated rings. The molecule has 25 heavy (non-hydrogen) atoms. The molecule has 1 aliphatic rings. The van der Waals surface area contributed by atoms with Crippen LogP contribution in [0.4, 0.5) is 0 Å². The van der Waals surface area contributed by atoms with Crippen LogP contribution in [0.2, 0.25) is 0 Å². The normalized spacial score (nSPS) is 19.0. The lowest BCUT2D eigenvalue weighted by Gasteiger charge is -2.36. The van der Waals surface area contributed by atoms with Crippen LogP contribution in [0.25, 0.3) is 0 Å². The van der Waals surface area contributed by atoms with Gasteiger partial charge in [-0.15, -0.1) is 0 Å². The number of hydrogen-bond acceptors (Lipinski definition) is 4. The monoisotopic (exact) mass is 343 g/mol. The van der Waals surface area contributed by atoms with E-state index in [1.54, 1.807) is 31.2 Å². The number of carbonyl (C=O) groups excluding carboxylic acids is 1. The molecule has 2 atom stereocenters. The fourth-order valence-electron chi connectivity index (χ4n) is 3.21. The summed E-state index contributed by atoms with van der Waals surface area (Å²) in [5.74, 6) is 0.437. The predicted molar refractivity (Wildman–Crippen MR) is 98.4 cm³/mol. The average Bonchev–Trinajstić information content (AvgIpc) is 2.65. The van der Waals surface area contributed by atoms with Gasteiger partial charge in [-0.05, 0) is 57.5 Å². The second-order valence-electron chi connectivity index (χ2n) is 6.68. The number of carbonyl (C=O) groups is 1. The molecule has 0 saturated carbocycles. The van der Waals surface area contributed by atoms with Gasteiger partial charge in [0.1, 0.15) is 5.75 Å². The summed E-state index contributed by atoms with van der Waals surface area (Å²) in [6.07, 6.45) is 5.45. The van der Waals surface area contributed by atoms with Crippen molar-refractivity contribution >= 4 is 5.91 Å². The van der Waals surface area contributed by atoms with Crippen LogP contribution in [0.15, 0.2) is 24.3 Å². The van der Waals surface area contributed by atoms with Gasteiger partial charge < -0.3 is 10.1 Å². The fourth-order valence-corrected chi connectivity index (χ4v) is 3.21. The van der Waals surface area contributed by atoms with Crippen LogP contribution in [0, 0.1) is 11.3 Å². The van der Waals surface area contributed by atoms with Crippen LogP contribution in [-0.2, 0) is 4.79 Å². The minimum absolute atomic E-state index is 0.108. The molecule has 1 aromatic rings. The summed E-state index contributed by atoms with van der Waals surface area (Å²) in [5.41, 5.74) is 0.527. The zero-order valence-electron chi connectivity index (χ0n) is 15.3. The van der Waals surface area contributed by atoms with Crippen LogP contribution in [-0.4, -0.2) is 42.6 Å². The molecule has 0 aromatic heterocycles. The largest absolute Gasteiger partial charge is 0.481 e. The summed E-state index contributed by atoms with van der Waals surface area (Å²) in [4.78, 5) is 14.9. The molecule has 1 heterocycles. The second kappa shape index (κ2) is 10.0. The second-order valence-corrected chi connectivity index (χ2v) is 6.68. The quantitative estimate of drug-likeness (QED) is 0.788. The van der Waals surface area contributed by atoms with Gasteiger partial charge in [0, 0.05) is 12.6 Å². The molecule has 1 aromatic carbocycles. The van der Waals surface area contributed by atoms with E-state index >= 15 is 0 Å². The Labute approximate surface area is 151 Å². The number of ether oxygens (including phenoxy) is 1. The summed E-state index contributed by atoms with van der Waals surface area (Å²) in [7, 11) is 0. The number of nitrogens with zero attached hydrogens (tertiary/aromatic N) is 2. The van der Waals surface area contributed by atoms with Gasteiger partial charge in [0.05, 0.1) is 11.6 Å². The number of nitrogens with one attached hydrogen (secondary N) is 1. The Kier molecular flexibility index (Phi) is 7.75. The van der Waals surface area contributed by atoms with Crippen molar-refractivity contribution in [3.8, 4) is 11.8 Å². The highest BCUT2D eigenvalue weighted by atomic mass is 16.5. The third kappa shape index (κ3) is 6.06. The smallest absolute Gasteiger partial charge is 0.260 e. The predicted octanol–water partition coefficient (Wildman–Crippen LogP) is 3.10. The van der Waals surface area contributed by atoms with Crippen molar-refractivity contribution in [2.45, 2.75) is 58.1 Å². The first-order valence-electron chi connectivity index (χ1n) is 9.32. The molecule has 2 rings (SSSR count). The van der Waals surface area contributed by atoms with Gasteiger partial charge in [0.2, 0.25) is 0 Å². The first kappa shape index (κ1) is 19.3. The Bertz CT molecular complexity index is 597. The molecule has 5 heteroatoms. The molecule has 2 unspecified atom stereocenters. The Balaban J connectivity index is 1.82. The first-order chi connectivity index (χ1) is 12.1. The van der Waals surface area contributed by atoms with Crippen molar-refractivity contribution in [2.75, 3.05) is 19.6 Å². The van der Waals surface area contributed by atoms with E-state index in [9.17, 15) is 4.79 Å². The van der Waals surface area contributed by atoms with Crippen molar-refractivity contribution in [3.05, 3.63) is 29.8 Å². The Morgan fingerprint density at radius 3 is 3.08 bits per heavy atom. The first-order valence-corrected chi connectivity index (χ1v) is 9.32. The molecule has 1 N–H and O–H groups in total. The van der Waals surface area contributed by atoms with Gasteiger partial charge in [0.25, 0.3) is 5.91 Å². The molecule has 0 spiro atoms.